The van der Waals surface area contributed by atoms with E-state index in [1.807, 2.05) is 0 Å². The zero-order valence-electron chi connectivity index (χ0n) is 14.9. The third-order valence-corrected chi connectivity index (χ3v) is 4.32. The fourth-order valence-electron chi connectivity index (χ4n) is 2.70. The number of nitrogens with zero attached hydrogens (tertiary/aromatic N) is 1. The molecule has 0 fully saturated rings. The maximum absolute atomic E-state index is 11.1. The third-order valence-electron chi connectivity index (χ3n) is 4.32. The minimum atomic E-state index is -0.887. The third kappa shape index (κ3) is 13.1. The molecule has 0 unspecified atom stereocenters. The maximum atomic E-state index is 11.1. The second-order valence-corrected chi connectivity index (χ2v) is 6.38. The molecule has 2 N–H and O–H groups in total. The Hall–Kier alpha value is -1.10. The Balaban J connectivity index is 3.73. The van der Waals surface area contributed by atoms with E-state index in [0.717, 1.165) is 12.8 Å². The molecular formula is C18H35NO4. The Morgan fingerprint density at radius 2 is 1.30 bits per heavy atom. The molecule has 0 aromatic heterocycles. The zero-order valence-corrected chi connectivity index (χ0v) is 14.9. The van der Waals surface area contributed by atoms with Gasteiger partial charge in [-0.1, -0.05) is 64.7 Å². The van der Waals surface area contributed by atoms with Crippen molar-refractivity contribution in [3.05, 3.63) is 0 Å². The Kier molecular flexibility index (Phi) is 13.8. The summed E-state index contributed by atoms with van der Waals surface area (Å²) in [5.41, 5.74) is 0. The Bertz CT molecular complexity index is 320. The molecular weight excluding hydrogens is 294 g/mol. The van der Waals surface area contributed by atoms with Crippen LogP contribution in [0.5, 0.6) is 0 Å². The second-order valence-electron chi connectivity index (χ2n) is 6.38. The van der Waals surface area contributed by atoms with E-state index in [0.29, 0.717) is 13.1 Å². The van der Waals surface area contributed by atoms with Gasteiger partial charge in [-0.25, -0.2) is 0 Å². The topological polar surface area (TPSA) is 77.8 Å². The van der Waals surface area contributed by atoms with Gasteiger partial charge in [-0.3, -0.25) is 14.5 Å². The molecule has 1 atom stereocenters. The van der Waals surface area contributed by atoms with Crippen LogP contribution < -0.4 is 0 Å². The van der Waals surface area contributed by atoms with Crippen LogP contribution in [-0.2, 0) is 9.59 Å². The van der Waals surface area contributed by atoms with Gasteiger partial charge in [0.15, 0.2) is 0 Å². The zero-order chi connectivity index (χ0) is 17.5. The van der Waals surface area contributed by atoms with Gasteiger partial charge in [0.05, 0.1) is 6.42 Å². The molecule has 0 rings (SSSR count). The molecule has 136 valence electrons. The summed E-state index contributed by atoms with van der Waals surface area (Å²) < 4.78 is 0. The molecule has 0 amide bonds. The molecule has 0 aromatic rings. The smallest absolute Gasteiger partial charge is 0.320 e. The molecule has 0 aliphatic rings. The quantitative estimate of drug-likeness (QED) is 0.416. The first-order valence-electron chi connectivity index (χ1n) is 9.17. The van der Waals surface area contributed by atoms with Gasteiger partial charge in [-0.15, -0.1) is 0 Å². The van der Waals surface area contributed by atoms with Crippen molar-refractivity contribution in [3.8, 4) is 0 Å². The fraction of sp³-hybridized carbons (Fsp3) is 0.889. The minimum absolute atomic E-state index is 0.00458. The summed E-state index contributed by atoms with van der Waals surface area (Å²) in [7, 11) is 0. The lowest BCUT2D eigenvalue weighted by atomic mass is 10.1. The fourth-order valence-corrected chi connectivity index (χ4v) is 2.70. The summed E-state index contributed by atoms with van der Waals surface area (Å²) >= 11 is 0. The molecule has 0 aromatic carbocycles. The molecule has 0 radical (unpaired) electrons. The molecule has 0 aliphatic heterocycles. The Morgan fingerprint density at radius 3 is 1.74 bits per heavy atom. The number of carboxylic acid groups (broad SMARTS) is 2. The van der Waals surface area contributed by atoms with E-state index in [9.17, 15) is 9.59 Å². The lowest BCUT2D eigenvalue weighted by Gasteiger charge is -2.25. The summed E-state index contributed by atoms with van der Waals surface area (Å²) in [6.45, 7) is 4.82. The van der Waals surface area contributed by atoms with E-state index in [4.69, 9.17) is 10.2 Å². The van der Waals surface area contributed by atoms with Crippen LogP contribution in [0.2, 0.25) is 0 Å². The summed E-state index contributed by atoms with van der Waals surface area (Å²) in [4.78, 5) is 23.5. The van der Waals surface area contributed by atoms with Crippen molar-refractivity contribution >= 4 is 11.9 Å². The van der Waals surface area contributed by atoms with Crippen LogP contribution in [0.1, 0.15) is 84.5 Å². The van der Waals surface area contributed by atoms with Crippen LogP contribution in [-0.4, -0.2) is 46.2 Å². The number of aliphatic carboxylic acids is 2. The SMILES string of the molecule is CCCCCCCCCCCCN(CCC(=O)O)[C@@H](C)C(=O)O. The van der Waals surface area contributed by atoms with E-state index in [1.165, 1.54) is 51.4 Å². The highest BCUT2D eigenvalue weighted by Gasteiger charge is 2.20. The largest absolute Gasteiger partial charge is 0.481 e. The highest BCUT2D eigenvalue weighted by molar-refractivity contribution is 5.73. The lowest BCUT2D eigenvalue weighted by Crippen LogP contribution is -2.40. The molecule has 0 saturated heterocycles. The van der Waals surface area contributed by atoms with Gasteiger partial charge in [0.2, 0.25) is 0 Å². The Morgan fingerprint density at radius 1 is 0.826 bits per heavy atom. The van der Waals surface area contributed by atoms with Gasteiger partial charge in [0.1, 0.15) is 6.04 Å². The summed E-state index contributed by atoms with van der Waals surface area (Å²) in [6.07, 6.45) is 12.4. The normalized spacial score (nSPS) is 12.5. The van der Waals surface area contributed by atoms with E-state index in [-0.39, 0.29) is 6.42 Å². The molecule has 0 spiro atoms. The number of carbonyl (C=O) groups is 2. The number of carboxylic acids is 2. The van der Waals surface area contributed by atoms with Crippen molar-refractivity contribution in [1.82, 2.24) is 4.90 Å². The molecule has 0 bridgehead atoms. The number of unbranched alkanes of at least 4 members (excludes halogenated alkanes) is 9. The first-order chi connectivity index (χ1) is 11.0. The predicted molar refractivity (Wildman–Crippen MR) is 92.8 cm³/mol. The van der Waals surface area contributed by atoms with Crippen LogP contribution in [0, 0.1) is 0 Å². The van der Waals surface area contributed by atoms with Crippen molar-refractivity contribution in [2.45, 2.75) is 90.5 Å². The first kappa shape index (κ1) is 21.9. The van der Waals surface area contributed by atoms with Crippen molar-refractivity contribution in [2.24, 2.45) is 0 Å². The van der Waals surface area contributed by atoms with Gasteiger partial charge >= 0.3 is 11.9 Å². The standard InChI is InChI=1S/C18H35NO4/c1-3-4-5-6-7-8-9-10-11-12-14-19(15-13-17(20)21)16(2)18(22)23/h16H,3-15H2,1-2H3,(H,20,21)(H,22,23)/t16-/m0/s1. The van der Waals surface area contributed by atoms with Crippen LogP contribution >= 0.6 is 0 Å². The van der Waals surface area contributed by atoms with Crippen LogP contribution in [0.25, 0.3) is 0 Å². The number of hydrogen-bond donors (Lipinski definition) is 2. The molecule has 23 heavy (non-hydrogen) atoms. The number of rotatable bonds is 16. The second kappa shape index (κ2) is 14.5. The van der Waals surface area contributed by atoms with Gasteiger partial charge in [0.25, 0.3) is 0 Å². The van der Waals surface area contributed by atoms with Crippen molar-refractivity contribution in [2.75, 3.05) is 13.1 Å². The van der Waals surface area contributed by atoms with E-state index in [1.54, 1.807) is 11.8 Å². The average Bonchev–Trinajstić information content (AvgIpc) is 2.51. The maximum Gasteiger partial charge on any atom is 0.320 e. The monoisotopic (exact) mass is 329 g/mol. The average molecular weight is 329 g/mol. The highest BCUT2D eigenvalue weighted by Crippen LogP contribution is 2.11. The van der Waals surface area contributed by atoms with Gasteiger partial charge in [-0.05, 0) is 19.9 Å². The molecule has 0 saturated carbocycles. The highest BCUT2D eigenvalue weighted by atomic mass is 16.4. The molecule has 5 nitrogen and oxygen atoms in total. The molecule has 5 heteroatoms. The summed E-state index contributed by atoms with van der Waals surface area (Å²) in [5, 5.41) is 17.8. The summed E-state index contributed by atoms with van der Waals surface area (Å²) in [5.74, 6) is -1.77. The van der Waals surface area contributed by atoms with Crippen molar-refractivity contribution in [1.29, 1.82) is 0 Å². The molecule has 0 aliphatic carbocycles. The van der Waals surface area contributed by atoms with Crippen LogP contribution in [0.15, 0.2) is 0 Å². The van der Waals surface area contributed by atoms with Gasteiger partial charge < -0.3 is 10.2 Å². The minimum Gasteiger partial charge on any atom is -0.481 e. The first-order valence-corrected chi connectivity index (χ1v) is 9.17. The van der Waals surface area contributed by atoms with Gasteiger partial charge in [0, 0.05) is 6.54 Å². The van der Waals surface area contributed by atoms with Crippen LogP contribution in [0.3, 0.4) is 0 Å². The lowest BCUT2D eigenvalue weighted by molar-refractivity contribution is -0.144. The van der Waals surface area contributed by atoms with E-state index >= 15 is 0 Å². The molecule has 0 heterocycles. The van der Waals surface area contributed by atoms with E-state index in [2.05, 4.69) is 6.92 Å². The van der Waals surface area contributed by atoms with E-state index < -0.39 is 18.0 Å². The van der Waals surface area contributed by atoms with Crippen molar-refractivity contribution in [3.63, 3.8) is 0 Å². The summed E-state index contributed by atoms with van der Waals surface area (Å²) in [6, 6.07) is -0.618. The number of hydrogen-bond acceptors (Lipinski definition) is 3. The van der Waals surface area contributed by atoms with Crippen molar-refractivity contribution < 1.29 is 19.8 Å². The predicted octanol–water partition coefficient (Wildman–Crippen LogP) is 4.16. The van der Waals surface area contributed by atoms with Crippen LogP contribution in [0.4, 0.5) is 0 Å². The van der Waals surface area contributed by atoms with Gasteiger partial charge in [-0.2, -0.15) is 0 Å². The Labute approximate surface area is 141 Å².